The van der Waals surface area contributed by atoms with Gasteiger partial charge in [-0.2, -0.15) is 18.3 Å². The van der Waals surface area contributed by atoms with Crippen LogP contribution in [0.5, 0.6) is 5.75 Å². The van der Waals surface area contributed by atoms with Gasteiger partial charge in [0, 0.05) is 24.1 Å². The molecule has 1 aliphatic heterocycles. The van der Waals surface area contributed by atoms with Crippen LogP contribution in [-0.2, 0) is 11.0 Å². The third-order valence-electron chi connectivity index (χ3n) is 6.59. The second kappa shape index (κ2) is 8.77. The van der Waals surface area contributed by atoms with Crippen molar-refractivity contribution in [2.45, 2.75) is 30.7 Å². The van der Waals surface area contributed by atoms with Gasteiger partial charge in [-0.25, -0.2) is 22.7 Å². The quantitative estimate of drug-likeness (QED) is 0.480. The first-order valence-corrected chi connectivity index (χ1v) is 11.3. The van der Waals surface area contributed by atoms with Gasteiger partial charge in [0.25, 0.3) is 11.8 Å². The van der Waals surface area contributed by atoms with Crippen LogP contribution in [0.25, 0.3) is 16.8 Å². The van der Waals surface area contributed by atoms with E-state index in [0.29, 0.717) is 0 Å². The summed E-state index contributed by atoms with van der Waals surface area (Å²) in [7, 11) is 1.28. The van der Waals surface area contributed by atoms with Gasteiger partial charge < -0.3 is 20.7 Å². The lowest BCUT2D eigenvalue weighted by molar-refractivity contribution is -0.136. The summed E-state index contributed by atoms with van der Waals surface area (Å²) in [6, 6.07) is 3.56. The Morgan fingerprint density at radius 2 is 1.89 bits per heavy atom. The molecule has 9 nitrogen and oxygen atoms in total. The van der Waals surface area contributed by atoms with Crippen LogP contribution < -0.4 is 15.8 Å². The van der Waals surface area contributed by atoms with Crippen LogP contribution >= 0.6 is 0 Å². The van der Waals surface area contributed by atoms with E-state index in [1.807, 2.05) is 0 Å². The highest BCUT2D eigenvalue weighted by atomic mass is 19.4. The normalized spacial score (nSPS) is 22.5. The largest absolute Gasteiger partial charge is 0.497 e. The van der Waals surface area contributed by atoms with E-state index >= 15 is 0 Å². The number of ether oxygens (including phenoxy) is 1. The van der Waals surface area contributed by atoms with Crippen molar-refractivity contribution in [3.63, 3.8) is 0 Å². The minimum Gasteiger partial charge on any atom is -0.497 e. The molecular formula is C23H20F6N6O3. The van der Waals surface area contributed by atoms with Crippen LogP contribution in [0, 0.1) is 5.92 Å². The molecule has 202 valence electrons. The van der Waals surface area contributed by atoms with Crippen LogP contribution in [0.2, 0.25) is 0 Å². The van der Waals surface area contributed by atoms with Crippen LogP contribution in [0.4, 0.5) is 32.2 Å². The topological polar surface area (TPSA) is 115 Å². The number of benzene rings is 1. The molecule has 2 fully saturated rings. The van der Waals surface area contributed by atoms with E-state index in [1.165, 1.54) is 25.3 Å². The highest BCUT2D eigenvalue weighted by Gasteiger charge is 2.63. The molecule has 3 aromatic rings. The van der Waals surface area contributed by atoms with Gasteiger partial charge in [0.2, 0.25) is 5.91 Å². The molecule has 2 amide bonds. The lowest BCUT2D eigenvalue weighted by Gasteiger charge is -2.17. The summed E-state index contributed by atoms with van der Waals surface area (Å²) in [5.41, 5.74) is 4.08. The predicted octanol–water partition coefficient (Wildman–Crippen LogP) is 2.94. The summed E-state index contributed by atoms with van der Waals surface area (Å²) >= 11 is 0. The van der Waals surface area contributed by atoms with Crippen molar-refractivity contribution in [3.05, 3.63) is 41.7 Å². The van der Waals surface area contributed by atoms with Crippen molar-refractivity contribution in [2.75, 3.05) is 25.9 Å². The Kier molecular flexibility index (Phi) is 5.91. The number of halogens is 6. The Hall–Kier alpha value is -4.04. The van der Waals surface area contributed by atoms with E-state index in [0.717, 1.165) is 21.8 Å². The summed E-state index contributed by atoms with van der Waals surface area (Å²) < 4.78 is 88.4. The molecule has 3 N–H and O–H groups in total. The number of alkyl halides is 6. The second-order valence-electron chi connectivity index (χ2n) is 9.15. The van der Waals surface area contributed by atoms with Crippen LogP contribution in [0.15, 0.2) is 30.6 Å². The lowest BCUT2D eigenvalue weighted by Crippen LogP contribution is -2.42. The maximum absolute atomic E-state index is 14.6. The third-order valence-corrected chi connectivity index (χ3v) is 6.59. The Labute approximate surface area is 210 Å². The molecule has 38 heavy (non-hydrogen) atoms. The number of amides is 2. The first-order chi connectivity index (χ1) is 17.8. The number of fused-ring (bicyclic) bond motifs is 1. The van der Waals surface area contributed by atoms with Gasteiger partial charge >= 0.3 is 6.18 Å². The average Bonchev–Trinajstić information content (AvgIpc) is 3.16. The second-order valence-corrected chi connectivity index (χ2v) is 9.15. The standard InChI is InChI=1S/C23H20F6N6O3/c1-38-12-3-10(17-5-13(23(27,28)29)18-19(30)31-9-32-35(17)18)2-11(4-12)20(36)33-16-8-34(7-15(16)24)21(37)14-6-22(14,25)26/h2-5,9,14-16H,6-8H2,1H3,(H,33,36)(H2,30,31,32)/t14?,15-,16+/m0/s1. The van der Waals surface area contributed by atoms with Gasteiger partial charge in [-0.15, -0.1) is 0 Å². The highest BCUT2D eigenvalue weighted by molar-refractivity contribution is 5.96. The summed E-state index contributed by atoms with van der Waals surface area (Å²) in [6.45, 7) is -0.749. The number of anilines is 1. The maximum Gasteiger partial charge on any atom is 0.418 e. The molecule has 0 spiro atoms. The number of hydrogen-bond donors (Lipinski definition) is 2. The SMILES string of the molecule is COc1cc(C(=O)N[C@@H]2CN(C(=O)C3CC3(F)F)C[C@@H]2F)cc(-c2cc(C(F)(F)F)c3c(N)ncnn23)c1. The number of aromatic nitrogens is 3. The maximum atomic E-state index is 14.6. The van der Waals surface area contributed by atoms with E-state index in [1.54, 1.807) is 0 Å². The third kappa shape index (κ3) is 4.45. The fourth-order valence-corrected chi connectivity index (χ4v) is 4.52. The first-order valence-electron chi connectivity index (χ1n) is 11.3. The zero-order valence-corrected chi connectivity index (χ0v) is 19.6. The number of likely N-dealkylation sites (tertiary alicyclic amines) is 1. The number of nitrogen functional groups attached to an aromatic ring is 1. The van der Waals surface area contributed by atoms with Gasteiger partial charge in [0.15, 0.2) is 5.82 Å². The number of carbonyl (C=O) groups is 2. The van der Waals surface area contributed by atoms with Gasteiger partial charge in [-0.05, 0) is 24.3 Å². The van der Waals surface area contributed by atoms with Gasteiger partial charge in [0.05, 0.1) is 31.0 Å². The number of methoxy groups -OCH3 is 1. The Morgan fingerprint density at radius 3 is 2.53 bits per heavy atom. The first kappa shape index (κ1) is 25.6. The molecule has 3 atom stereocenters. The fraction of sp³-hybridized carbons (Fsp3) is 0.391. The number of hydrogen-bond acceptors (Lipinski definition) is 6. The summed E-state index contributed by atoms with van der Waals surface area (Å²) in [6.07, 6.45) is -6.10. The van der Waals surface area contributed by atoms with Gasteiger partial charge in [-0.1, -0.05) is 0 Å². The monoisotopic (exact) mass is 542 g/mol. The summed E-state index contributed by atoms with van der Waals surface area (Å²) in [5.74, 6) is -6.57. The minimum atomic E-state index is -4.78. The lowest BCUT2D eigenvalue weighted by atomic mass is 10.1. The molecule has 1 aromatic carbocycles. The molecule has 3 heterocycles. The molecule has 5 rings (SSSR count). The number of rotatable bonds is 5. The Balaban J connectivity index is 1.44. The molecule has 1 aliphatic carbocycles. The van der Waals surface area contributed by atoms with Crippen molar-refractivity contribution in [1.82, 2.24) is 24.8 Å². The van der Waals surface area contributed by atoms with Crippen molar-refractivity contribution in [3.8, 4) is 17.0 Å². The van der Waals surface area contributed by atoms with Gasteiger partial charge in [0.1, 0.15) is 29.7 Å². The van der Waals surface area contributed by atoms with E-state index in [2.05, 4.69) is 15.4 Å². The van der Waals surface area contributed by atoms with Crippen LogP contribution in [0.1, 0.15) is 22.3 Å². The van der Waals surface area contributed by atoms with E-state index < -0.39 is 71.9 Å². The smallest absolute Gasteiger partial charge is 0.418 e. The van der Waals surface area contributed by atoms with Crippen LogP contribution in [-0.4, -0.2) is 69.6 Å². The van der Waals surface area contributed by atoms with Gasteiger partial charge in [-0.3, -0.25) is 9.59 Å². The zero-order chi connectivity index (χ0) is 27.6. The van der Waals surface area contributed by atoms with Crippen molar-refractivity contribution < 1.29 is 40.7 Å². The molecule has 2 aromatic heterocycles. The highest BCUT2D eigenvalue weighted by Crippen LogP contribution is 2.50. The van der Waals surface area contributed by atoms with Crippen LogP contribution in [0.3, 0.4) is 0 Å². The molecule has 2 aliphatic rings. The molecule has 0 radical (unpaired) electrons. The molecule has 1 saturated heterocycles. The van der Waals surface area contributed by atoms with Crippen molar-refractivity contribution in [2.24, 2.45) is 5.92 Å². The predicted molar refractivity (Wildman–Crippen MR) is 120 cm³/mol. The summed E-state index contributed by atoms with van der Waals surface area (Å²) in [4.78, 5) is 29.8. The summed E-state index contributed by atoms with van der Waals surface area (Å²) in [5, 5.41) is 6.31. The fourth-order valence-electron chi connectivity index (χ4n) is 4.52. The van der Waals surface area contributed by atoms with Crippen molar-refractivity contribution in [1.29, 1.82) is 0 Å². The van der Waals surface area contributed by atoms with E-state index in [-0.39, 0.29) is 29.1 Å². The number of nitrogens with two attached hydrogens (primary N) is 1. The number of carbonyl (C=O) groups excluding carboxylic acids is 2. The van der Waals surface area contributed by atoms with Crippen molar-refractivity contribution >= 4 is 23.1 Å². The molecule has 1 saturated carbocycles. The zero-order valence-electron chi connectivity index (χ0n) is 19.6. The molecular weight excluding hydrogens is 522 g/mol. The molecule has 0 bridgehead atoms. The molecule has 1 unspecified atom stereocenters. The number of nitrogens with zero attached hydrogens (tertiary/aromatic N) is 4. The average molecular weight is 542 g/mol. The van der Waals surface area contributed by atoms with E-state index in [9.17, 15) is 35.9 Å². The number of nitrogens with one attached hydrogen (secondary N) is 1. The molecule has 15 heteroatoms. The minimum absolute atomic E-state index is 0.0688. The Morgan fingerprint density at radius 1 is 1.18 bits per heavy atom. The van der Waals surface area contributed by atoms with E-state index in [4.69, 9.17) is 10.5 Å². The Bertz CT molecular complexity index is 1440.